The molecule has 0 bridgehead atoms. The lowest BCUT2D eigenvalue weighted by Gasteiger charge is -2.28. The highest BCUT2D eigenvalue weighted by molar-refractivity contribution is 5.81. The molecule has 39 heavy (non-hydrogen) atoms. The largest absolute Gasteiger partial charge is 0.490 e. The fraction of sp³-hybridized carbons (Fsp3) is 0.300. The molecule has 1 saturated heterocycles. The fourth-order valence-corrected chi connectivity index (χ4v) is 5.22. The van der Waals surface area contributed by atoms with Gasteiger partial charge >= 0.3 is 0 Å². The summed E-state index contributed by atoms with van der Waals surface area (Å²) in [6, 6.07) is 16.6. The number of imidazole rings is 1. The van der Waals surface area contributed by atoms with Crippen LogP contribution in [0.4, 0.5) is 0 Å². The van der Waals surface area contributed by atoms with Gasteiger partial charge in [0.2, 0.25) is 5.78 Å². The summed E-state index contributed by atoms with van der Waals surface area (Å²) >= 11 is 0. The number of fused-ring (bicyclic) bond motifs is 3. The van der Waals surface area contributed by atoms with Crippen molar-refractivity contribution in [2.24, 2.45) is 5.92 Å². The maximum absolute atomic E-state index is 13.0. The first-order valence-electron chi connectivity index (χ1n) is 13.2. The van der Waals surface area contributed by atoms with E-state index in [1.165, 1.54) is 6.07 Å². The Morgan fingerprint density at radius 3 is 2.67 bits per heavy atom. The summed E-state index contributed by atoms with van der Waals surface area (Å²) in [5.41, 5.74) is 3.68. The lowest BCUT2D eigenvalue weighted by Crippen LogP contribution is -2.32. The van der Waals surface area contributed by atoms with E-state index < -0.39 is 0 Å². The zero-order valence-corrected chi connectivity index (χ0v) is 22.0. The Morgan fingerprint density at radius 2 is 1.90 bits per heavy atom. The number of ether oxygens (including phenoxy) is 1. The molecule has 0 N–H and O–H groups in total. The van der Waals surface area contributed by atoms with Crippen molar-refractivity contribution in [1.29, 1.82) is 5.26 Å². The second kappa shape index (κ2) is 10.3. The van der Waals surface area contributed by atoms with Gasteiger partial charge in [-0.3, -0.25) is 13.8 Å². The Kier molecular flexibility index (Phi) is 6.55. The zero-order chi connectivity index (χ0) is 26.9. The first-order chi connectivity index (χ1) is 19.0. The maximum atomic E-state index is 13.0. The molecule has 0 unspecified atom stereocenters. The van der Waals surface area contributed by atoms with Crippen LogP contribution in [0.2, 0.25) is 0 Å². The monoisotopic (exact) mass is 519 g/mol. The Balaban J connectivity index is 1.25. The minimum atomic E-state index is -0.300. The van der Waals surface area contributed by atoms with Gasteiger partial charge in [-0.1, -0.05) is 18.2 Å². The van der Waals surface area contributed by atoms with Crippen molar-refractivity contribution in [3.63, 3.8) is 0 Å². The van der Waals surface area contributed by atoms with Crippen molar-refractivity contribution >= 4 is 16.8 Å². The molecule has 0 radical (unpaired) electrons. The molecule has 196 valence electrons. The van der Waals surface area contributed by atoms with Gasteiger partial charge in [0.1, 0.15) is 0 Å². The van der Waals surface area contributed by atoms with E-state index in [9.17, 15) is 10.1 Å². The van der Waals surface area contributed by atoms with Crippen molar-refractivity contribution < 1.29 is 4.74 Å². The number of aromatic nitrogens is 5. The summed E-state index contributed by atoms with van der Waals surface area (Å²) in [6.45, 7) is 4.88. The van der Waals surface area contributed by atoms with Crippen molar-refractivity contribution in [2.75, 3.05) is 26.7 Å². The highest BCUT2D eigenvalue weighted by Gasteiger charge is 2.19. The van der Waals surface area contributed by atoms with E-state index in [1.54, 1.807) is 41.4 Å². The average molecular weight is 520 g/mol. The third-order valence-electron chi connectivity index (χ3n) is 7.59. The summed E-state index contributed by atoms with van der Waals surface area (Å²) in [5, 5.41) is 9.31. The smallest absolute Gasteiger partial charge is 0.255 e. The minimum absolute atomic E-state index is 0.154. The van der Waals surface area contributed by atoms with Crippen LogP contribution in [0.5, 0.6) is 5.75 Å². The summed E-state index contributed by atoms with van der Waals surface area (Å²) < 4.78 is 9.50. The van der Waals surface area contributed by atoms with Gasteiger partial charge < -0.3 is 9.64 Å². The van der Waals surface area contributed by atoms with E-state index in [2.05, 4.69) is 28.0 Å². The predicted octanol–water partition coefficient (Wildman–Crippen LogP) is 4.31. The third-order valence-corrected chi connectivity index (χ3v) is 7.59. The van der Waals surface area contributed by atoms with Gasteiger partial charge in [0.15, 0.2) is 11.6 Å². The first kappa shape index (κ1) is 24.8. The van der Waals surface area contributed by atoms with E-state index in [0.29, 0.717) is 35.4 Å². The van der Waals surface area contributed by atoms with E-state index in [4.69, 9.17) is 9.72 Å². The number of nitriles is 1. The predicted molar refractivity (Wildman–Crippen MR) is 149 cm³/mol. The molecule has 1 aliphatic heterocycles. The molecule has 1 atom stereocenters. The molecule has 5 aromatic rings. The Hall–Kier alpha value is -4.55. The molecular formula is C30H29N7O2. The van der Waals surface area contributed by atoms with Crippen LogP contribution in [0.1, 0.15) is 36.9 Å². The highest BCUT2D eigenvalue weighted by Crippen LogP contribution is 2.26. The van der Waals surface area contributed by atoms with Crippen LogP contribution in [0, 0.1) is 17.2 Å². The van der Waals surface area contributed by atoms with E-state index in [-0.39, 0.29) is 11.6 Å². The highest BCUT2D eigenvalue weighted by atomic mass is 16.5. The number of nitrogens with zero attached hydrogens (tertiary/aromatic N) is 7. The van der Waals surface area contributed by atoms with E-state index in [1.807, 2.05) is 35.6 Å². The van der Waals surface area contributed by atoms with E-state index in [0.717, 1.165) is 48.1 Å². The van der Waals surface area contributed by atoms with Crippen LogP contribution in [0.15, 0.2) is 71.9 Å². The zero-order valence-electron chi connectivity index (χ0n) is 22.0. The van der Waals surface area contributed by atoms with Gasteiger partial charge in [-0.05, 0) is 75.6 Å². The van der Waals surface area contributed by atoms with Crippen molar-refractivity contribution in [3.8, 4) is 23.2 Å². The summed E-state index contributed by atoms with van der Waals surface area (Å²) in [7, 11) is 2.16. The lowest BCUT2D eigenvalue weighted by atomic mass is 9.98. The molecule has 4 heterocycles. The summed E-state index contributed by atoms with van der Waals surface area (Å²) in [6.07, 6.45) is 7.45. The van der Waals surface area contributed by atoms with Gasteiger partial charge in [0.25, 0.3) is 5.56 Å². The van der Waals surface area contributed by atoms with E-state index >= 15 is 0 Å². The van der Waals surface area contributed by atoms with Gasteiger partial charge in [-0.2, -0.15) is 5.26 Å². The second-order valence-corrected chi connectivity index (χ2v) is 10.2. The molecule has 2 aromatic carbocycles. The number of benzene rings is 2. The van der Waals surface area contributed by atoms with Crippen LogP contribution < -0.4 is 10.3 Å². The molecule has 1 fully saturated rings. The van der Waals surface area contributed by atoms with Crippen LogP contribution >= 0.6 is 0 Å². The molecule has 9 nitrogen and oxygen atoms in total. The third kappa shape index (κ3) is 4.87. The topological polar surface area (TPSA) is 101 Å². The summed E-state index contributed by atoms with van der Waals surface area (Å²) in [4.78, 5) is 29.2. The second-order valence-electron chi connectivity index (χ2n) is 10.2. The molecule has 9 heteroatoms. The Labute approximate surface area is 226 Å². The Morgan fingerprint density at radius 1 is 1.10 bits per heavy atom. The Bertz CT molecular complexity index is 1740. The van der Waals surface area contributed by atoms with Crippen LogP contribution in [0.25, 0.3) is 28.2 Å². The standard InChI is InChI=1S/C30H29N7O2/c1-20(37-28(38)10-13-36-27-14-22(16-31)6-7-26(27)34-30(36)37)23-4-3-5-24(15-23)29-32-17-25(18-33-29)39-19-21-8-11-35(2)12-9-21/h3-7,10,13-15,17-18,20-21H,8-9,11-12,19H2,1-2H3/t20-/m1/s1. The summed E-state index contributed by atoms with van der Waals surface area (Å²) in [5.74, 6) is 2.35. The molecule has 0 spiro atoms. The van der Waals surface area contributed by atoms with Gasteiger partial charge in [0.05, 0.1) is 47.7 Å². The van der Waals surface area contributed by atoms with Gasteiger partial charge in [-0.25, -0.2) is 15.0 Å². The average Bonchev–Trinajstić information content (AvgIpc) is 3.34. The van der Waals surface area contributed by atoms with Crippen LogP contribution in [0.3, 0.4) is 0 Å². The number of rotatable bonds is 6. The molecule has 6 rings (SSSR count). The molecule has 0 saturated carbocycles. The molecular weight excluding hydrogens is 490 g/mol. The fourth-order valence-electron chi connectivity index (χ4n) is 5.22. The number of hydrogen-bond donors (Lipinski definition) is 0. The maximum Gasteiger partial charge on any atom is 0.255 e. The molecule has 3 aromatic heterocycles. The number of piperidine rings is 1. The van der Waals surface area contributed by atoms with Crippen molar-refractivity contribution in [1.82, 2.24) is 28.8 Å². The molecule has 1 aliphatic rings. The SMILES string of the molecule is C[C@H](c1cccc(-c2ncc(OCC3CCN(C)CC3)cn2)c1)n1c(=O)ccn2c3cc(C#N)ccc3nc12. The normalized spacial score (nSPS) is 15.4. The van der Waals surface area contributed by atoms with Gasteiger partial charge in [0, 0.05) is 17.8 Å². The first-order valence-corrected chi connectivity index (χ1v) is 13.2. The molecule has 0 amide bonds. The number of likely N-dealkylation sites (tertiary alicyclic amines) is 1. The van der Waals surface area contributed by atoms with Crippen molar-refractivity contribution in [2.45, 2.75) is 25.8 Å². The van der Waals surface area contributed by atoms with Crippen LogP contribution in [-0.4, -0.2) is 55.6 Å². The lowest BCUT2D eigenvalue weighted by molar-refractivity contribution is 0.159. The minimum Gasteiger partial charge on any atom is -0.490 e. The van der Waals surface area contributed by atoms with Crippen molar-refractivity contribution in [3.05, 3.63) is 88.6 Å². The van der Waals surface area contributed by atoms with Gasteiger partial charge in [-0.15, -0.1) is 0 Å². The number of hydrogen-bond acceptors (Lipinski definition) is 7. The quantitative estimate of drug-likeness (QED) is 0.329. The molecule has 0 aliphatic carbocycles. The van der Waals surface area contributed by atoms with Crippen LogP contribution in [-0.2, 0) is 0 Å².